The van der Waals surface area contributed by atoms with E-state index in [-0.39, 0.29) is 22.8 Å². The minimum absolute atomic E-state index is 0.129. The molecule has 0 unspecified atom stereocenters. The van der Waals surface area contributed by atoms with Crippen molar-refractivity contribution in [2.45, 2.75) is 6.92 Å². The number of rotatable bonds is 3. The number of aliphatic hydroxyl groups excluding tert-OH is 1. The molecule has 0 atom stereocenters. The quantitative estimate of drug-likeness (QED) is 0.356. The van der Waals surface area contributed by atoms with Gasteiger partial charge in [0.25, 0.3) is 5.69 Å². The number of hydrogen-bond donors (Lipinski definition) is 1. The topological polar surface area (TPSA) is 80.4 Å². The highest BCUT2D eigenvalue weighted by molar-refractivity contribution is 5.93. The highest BCUT2D eigenvalue weighted by Gasteiger charge is 2.08. The fourth-order valence-corrected chi connectivity index (χ4v) is 1.05. The van der Waals surface area contributed by atoms with Crippen LogP contribution < -0.4 is 0 Å². The highest BCUT2D eigenvalue weighted by Crippen LogP contribution is 2.18. The number of aliphatic hydroxyl groups is 1. The van der Waals surface area contributed by atoms with Crippen molar-refractivity contribution >= 4 is 17.2 Å². The number of non-ortho nitro benzene ring substituents is 1. The lowest BCUT2D eigenvalue weighted by Gasteiger charge is -1.98. The molecule has 1 aromatic carbocycles. The van der Waals surface area contributed by atoms with E-state index in [9.17, 15) is 20.0 Å². The van der Waals surface area contributed by atoms with Crippen LogP contribution in [-0.4, -0.2) is 15.8 Å². The maximum atomic E-state index is 10.7. The molecule has 0 aromatic heterocycles. The van der Waals surface area contributed by atoms with Crippen LogP contribution in [0.25, 0.3) is 5.76 Å². The maximum Gasteiger partial charge on any atom is 0.270 e. The lowest BCUT2D eigenvalue weighted by Crippen LogP contribution is -1.92. The Hall–Kier alpha value is -2.17. The zero-order chi connectivity index (χ0) is 11.4. The van der Waals surface area contributed by atoms with Gasteiger partial charge in [-0.3, -0.25) is 14.9 Å². The Morgan fingerprint density at radius 3 is 2.73 bits per heavy atom. The van der Waals surface area contributed by atoms with Gasteiger partial charge in [0.15, 0.2) is 5.78 Å². The molecule has 78 valence electrons. The summed E-state index contributed by atoms with van der Waals surface area (Å²) in [4.78, 5) is 20.5. The number of nitro benzene ring substituents is 1. The normalized spacial score (nSPS) is 11.1. The lowest BCUT2D eigenvalue weighted by molar-refractivity contribution is -0.384. The van der Waals surface area contributed by atoms with Gasteiger partial charge in [-0.05, 0) is 6.92 Å². The summed E-state index contributed by atoms with van der Waals surface area (Å²) in [7, 11) is 0. The first-order chi connectivity index (χ1) is 7.00. The zero-order valence-corrected chi connectivity index (χ0v) is 8.01. The van der Waals surface area contributed by atoms with Gasteiger partial charge in [0.05, 0.1) is 4.92 Å². The molecule has 0 saturated carbocycles. The van der Waals surface area contributed by atoms with Gasteiger partial charge in [-0.25, -0.2) is 0 Å². The molecular weight excluding hydrogens is 198 g/mol. The van der Waals surface area contributed by atoms with E-state index in [1.54, 1.807) is 0 Å². The number of carbonyl (C=O) groups is 1. The number of nitro groups is 1. The van der Waals surface area contributed by atoms with Crippen LogP contribution in [0.2, 0.25) is 0 Å². The van der Waals surface area contributed by atoms with Gasteiger partial charge in [0.1, 0.15) is 5.76 Å². The third kappa shape index (κ3) is 2.91. The second-order valence-electron chi connectivity index (χ2n) is 2.95. The monoisotopic (exact) mass is 207 g/mol. The molecular formula is C10H9NO4. The summed E-state index contributed by atoms with van der Waals surface area (Å²) in [5.41, 5.74) is 0.121. The summed E-state index contributed by atoms with van der Waals surface area (Å²) in [6.07, 6.45) is 1.01. The second-order valence-corrected chi connectivity index (χ2v) is 2.95. The van der Waals surface area contributed by atoms with Crippen LogP contribution in [0.5, 0.6) is 0 Å². The first-order valence-electron chi connectivity index (χ1n) is 4.17. The molecule has 0 amide bonds. The van der Waals surface area contributed by atoms with E-state index < -0.39 is 4.92 Å². The van der Waals surface area contributed by atoms with Crippen molar-refractivity contribution in [1.29, 1.82) is 0 Å². The smallest absolute Gasteiger partial charge is 0.270 e. The van der Waals surface area contributed by atoms with Crippen LogP contribution in [0.3, 0.4) is 0 Å². The number of carbonyl (C=O) groups excluding carboxylic acids is 1. The van der Waals surface area contributed by atoms with E-state index in [0.29, 0.717) is 0 Å². The first-order valence-corrected chi connectivity index (χ1v) is 4.17. The highest BCUT2D eigenvalue weighted by atomic mass is 16.6. The van der Waals surface area contributed by atoms with Gasteiger partial charge in [0.2, 0.25) is 0 Å². The summed E-state index contributed by atoms with van der Waals surface area (Å²) >= 11 is 0. The van der Waals surface area contributed by atoms with Gasteiger partial charge < -0.3 is 5.11 Å². The Morgan fingerprint density at radius 2 is 2.20 bits per heavy atom. The van der Waals surface area contributed by atoms with Crippen LogP contribution in [0, 0.1) is 10.1 Å². The molecule has 0 saturated heterocycles. The predicted octanol–water partition coefficient (Wildman–Crippen LogP) is 2.08. The fourth-order valence-electron chi connectivity index (χ4n) is 1.05. The average molecular weight is 207 g/mol. The first kappa shape index (κ1) is 10.9. The molecule has 0 radical (unpaired) electrons. The van der Waals surface area contributed by atoms with Crippen LogP contribution in [0.4, 0.5) is 5.69 Å². The Morgan fingerprint density at radius 1 is 1.53 bits per heavy atom. The molecule has 0 aliphatic carbocycles. The molecule has 0 fully saturated rings. The fraction of sp³-hybridized carbons (Fsp3) is 0.100. The summed E-state index contributed by atoms with van der Waals surface area (Å²) in [5.74, 6) is -0.592. The molecule has 0 bridgehead atoms. The van der Waals surface area contributed by atoms with Crippen molar-refractivity contribution in [2.75, 3.05) is 0 Å². The summed E-state index contributed by atoms with van der Waals surface area (Å²) in [6.45, 7) is 1.29. The molecule has 1 aromatic rings. The molecule has 0 aliphatic heterocycles. The van der Waals surface area contributed by atoms with Crippen molar-refractivity contribution in [2.24, 2.45) is 0 Å². The van der Waals surface area contributed by atoms with Gasteiger partial charge in [0, 0.05) is 23.8 Å². The molecule has 1 N–H and O–H groups in total. The van der Waals surface area contributed by atoms with Gasteiger partial charge in [-0.2, -0.15) is 0 Å². The number of ketones is 1. The number of nitrogens with zero attached hydrogens (tertiary/aromatic N) is 1. The molecule has 5 nitrogen and oxygen atoms in total. The third-order valence-corrected chi connectivity index (χ3v) is 1.69. The van der Waals surface area contributed by atoms with Gasteiger partial charge in [-0.1, -0.05) is 12.1 Å². The number of allylic oxidation sites excluding steroid dienone is 1. The summed E-state index contributed by atoms with van der Waals surface area (Å²) in [6, 6.07) is 5.44. The Kier molecular flexibility index (Phi) is 3.17. The Labute approximate surface area is 85.8 Å². The molecule has 0 spiro atoms. The van der Waals surface area contributed by atoms with Gasteiger partial charge in [-0.15, -0.1) is 0 Å². The van der Waals surface area contributed by atoms with Crippen molar-refractivity contribution in [3.05, 3.63) is 46.0 Å². The van der Waals surface area contributed by atoms with Gasteiger partial charge >= 0.3 is 0 Å². The minimum atomic E-state index is -0.565. The van der Waals surface area contributed by atoms with Crippen LogP contribution in [0.1, 0.15) is 12.5 Å². The number of benzene rings is 1. The van der Waals surface area contributed by atoms with Crippen molar-refractivity contribution < 1.29 is 14.8 Å². The number of hydrogen-bond acceptors (Lipinski definition) is 4. The summed E-state index contributed by atoms with van der Waals surface area (Å²) in [5, 5.41) is 19.9. The van der Waals surface area contributed by atoms with Crippen LogP contribution in [0.15, 0.2) is 30.3 Å². The largest absolute Gasteiger partial charge is 0.507 e. The lowest BCUT2D eigenvalue weighted by atomic mass is 10.1. The van der Waals surface area contributed by atoms with Crippen LogP contribution >= 0.6 is 0 Å². The molecule has 0 aliphatic rings. The Bertz CT molecular complexity index is 437. The van der Waals surface area contributed by atoms with Crippen molar-refractivity contribution in [3.63, 3.8) is 0 Å². The van der Waals surface area contributed by atoms with E-state index in [1.807, 2.05) is 0 Å². The zero-order valence-electron chi connectivity index (χ0n) is 8.01. The van der Waals surface area contributed by atoms with E-state index in [0.717, 1.165) is 6.08 Å². The third-order valence-electron chi connectivity index (χ3n) is 1.69. The molecule has 0 heterocycles. The summed E-state index contributed by atoms with van der Waals surface area (Å²) < 4.78 is 0. The molecule has 5 heteroatoms. The standard InChI is InChI=1S/C10H9NO4/c1-7(12)5-10(13)8-3-2-4-9(6-8)11(14)15/h2-6,13H,1H3. The van der Waals surface area contributed by atoms with E-state index in [2.05, 4.69) is 0 Å². The maximum absolute atomic E-state index is 10.7. The predicted molar refractivity (Wildman–Crippen MR) is 54.4 cm³/mol. The second kappa shape index (κ2) is 4.36. The van der Waals surface area contributed by atoms with E-state index >= 15 is 0 Å². The minimum Gasteiger partial charge on any atom is -0.507 e. The van der Waals surface area contributed by atoms with Crippen molar-refractivity contribution in [3.8, 4) is 0 Å². The van der Waals surface area contributed by atoms with Crippen LogP contribution in [-0.2, 0) is 4.79 Å². The Balaban J connectivity index is 3.11. The van der Waals surface area contributed by atoms with E-state index in [1.165, 1.54) is 31.2 Å². The average Bonchev–Trinajstić information content (AvgIpc) is 2.17. The molecule has 1 rings (SSSR count). The van der Waals surface area contributed by atoms with E-state index in [4.69, 9.17) is 0 Å². The van der Waals surface area contributed by atoms with Crippen molar-refractivity contribution in [1.82, 2.24) is 0 Å². The molecule has 15 heavy (non-hydrogen) atoms. The SMILES string of the molecule is CC(=O)C=C(O)c1cccc([N+](=O)[O-])c1.